The molecular formula is C50H62N6O6. The average molecular weight is 843 g/mol. The molecule has 0 radical (unpaired) electrons. The largest absolute Gasteiger partial charge is 0.396 e. The number of nitrogens with zero attached hydrogens (tertiary/aromatic N) is 4. The van der Waals surface area contributed by atoms with Gasteiger partial charge < -0.3 is 30.0 Å². The SMILES string of the molecule is C/C=C/c1ccc2n(c1=O)C[C@@H]1[C@@H](CO)[C@H](C(=O)NCCC)[C@H]2N1Cc1ccccc1.C/C=C\c1ccc2n(c1=O)C[C@@H]1[C@@H](CO)[C@H](C(=O)NCCC)[C@H]2N1Cc1ccccc1. The molecule has 0 aliphatic carbocycles. The maximum Gasteiger partial charge on any atom is 0.258 e. The van der Waals surface area contributed by atoms with Crippen molar-refractivity contribution >= 4 is 24.0 Å². The van der Waals surface area contributed by atoms with Gasteiger partial charge in [-0.2, -0.15) is 0 Å². The minimum atomic E-state index is -0.397. The lowest BCUT2D eigenvalue weighted by Crippen LogP contribution is -2.46. The Kier molecular flexibility index (Phi) is 14.5. The second-order valence-corrected chi connectivity index (χ2v) is 16.9. The predicted octanol–water partition coefficient (Wildman–Crippen LogP) is 5.14. The van der Waals surface area contributed by atoms with Gasteiger partial charge in [0, 0.05) is 98.9 Å². The third-order valence-electron chi connectivity index (χ3n) is 13.2. The van der Waals surface area contributed by atoms with Crippen molar-refractivity contribution in [3.05, 3.63) is 151 Å². The van der Waals surface area contributed by atoms with Gasteiger partial charge in [-0.05, 0) is 62.1 Å². The third-order valence-corrected chi connectivity index (χ3v) is 13.2. The van der Waals surface area contributed by atoms with Gasteiger partial charge in [-0.15, -0.1) is 0 Å². The molecule has 4 aliphatic rings. The van der Waals surface area contributed by atoms with Gasteiger partial charge in [0.05, 0.1) is 23.9 Å². The van der Waals surface area contributed by atoms with Crippen molar-refractivity contribution in [2.45, 2.75) is 90.9 Å². The van der Waals surface area contributed by atoms with Crippen LogP contribution in [-0.4, -0.2) is 79.3 Å². The monoisotopic (exact) mass is 842 g/mol. The Hall–Kier alpha value is -5.40. The van der Waals surface area contributed by atoms with E-state index < -0.39 is 11.8 Å². The summed E-state index contributed by atoms with van der Waals surface area (Å²) < 4.78 is 3.64. The standard InChI is InChI=1S/2C25H31N3O3/c2*1-3-8-18-11-12-20-23-22(24(30)26-13-4-2)19(16-29)21(15-28(20)25(18)31)27(23)14-17-9-6-5-7-10-17/h2*3,5-12,19,21-23,29H,4,13-16H2,1-2H3,(H,26,30)/b8-3+;8-3-/t2*19-,21-,22+,23+/m11/s1. The predicted molar refractivity (Wildman–Crippen MR) is 243 cm³/mol. The third kappa shape index (κ3) is 8.66. The second-order valence-electron chi connectivity index (χ2n) is 16.9. The highest BCUT2D eigenvalue weighted by Crippen LogP contribution is 2.50. The fourth-order valence-corrected chi connectivity index (χ4v) is 10.4. The summed E-state index contributed by atoms with van der Waals surface area (Å²) in [5.41, 5.74) is 5.27. The summed E-state index contributed by atoms with van der Waals surface area (Å²) in [6, 6.07) is 27.3. The van der Waals surface area contributed by atoms with Crippen LogP contribution in [0.5, 0.6) is 0 Å². The Morgan fingerprint density at radius 1 is 0.613 bits per heavy atom. The number of aromatic nitrogens is 2. The summed E-state index contributed by atoms with van der Waals surface area (Å²) in [6.07, 6.45) is 9.08. The lowest BCUT2D eigenvalue weighted by molar-refractivity contribution is -0.128. The molecule has 12 nitrogen and oxygen atoms in total. The molecule has 4 bridgehead atoms. The summed E-state index contributed by atoms with van der Waals surface area (Å²) in [5.74, 6) is -1.32. The molecule has 2 saturated heterocycles. The molecule has 2 fully saturated rings. The van der Waals surface area contributed by atoms with Gasteiger partial charge in [0.1, 0.15) is 0 Å². The Morgan fingerprint density at radius 2 is 1.00 bits per heavy atom. The molecule has 2 amide bonds. The van der Waals surface area contributed by atoms with E-state index in [1.54, 1.807) is 0 Å². The highest BCUT2D eigenvalue weighted by Gasteiger charge is 2.57. The molecule has 328 valence electrons. The fourth-order valence-electron chi connectivity index (χ4n) is 10.4. The van der Waals surface area contributed by atoms with Crippen molar-refractivity contribution in [2.75, 3.05) is 26.3 Å². The number of carbonyl (C=O) groups is 2. The summed E-state index contributed by atoms with van der Waals surface area (Å²) in [5, 5.41) is 26.7. The van der Waals surface area contributed by atoms with Crippen LogP contribution in [-0.2, 0) is 35.8 Å². The van der Waals surface area contributed by atoms with E-state index in [0.717, 1.165) is 35.4 Å². The van der Waals surface area contributed by atoms with Gasteiger partial charge in [0.15, 0.2) is 0 Å². The summed E-state index contributed by atoms with van der Waals surface area (Å²) in [4.78, 5) is 57.4. The number of aliphatic hydroxyl groups is 2. The lowest BCUT2D eigenvalue weighted by Gasteiger charge is -2.38. The Morgan fingerprint density at radius 3 is 1.34 bits per heavy atom. The molecule has 12 heteroatoms. The van der Waals surface area contributed by atoms with Crippen LogP contribution < -0.4 is 21.8 Å². The number of hydrogen-bond acceptors (Lipinski definition) is 8. The molecule has 4 aliphatic heterocycles. The molecule has 8 rings (SSSR count). The lowest BCUT2D eigenvalue weighted by atomic mass is 9.86. The number of hydrogen-bond donors (Lipinski definition) is 4. The van der Waals surface area contributed by atoms with E-state index in [9.17, 15) is 29.4 Å². The maximum absolute atomic E-state index is 13.2. The van der Waals surface area contributed by atoms with E-state index in [0.29, 0.717) is 50.4 Å². The van der Waals surface area contributed by atoms with Crippen LogP contribution in [0.4, 0.5) is 0 Å². The van der Waals surface area contributed by atoms with E-state index in [4.69, 9.17) is 0 Å². The first kappa shape index (κ1) is 44.6. The van der Waals surface area contributed by atoms with Gasteiger partial charge in [0.25, 0.3) is 11.1 Å². The van der Waals surface area contributed by atoms with Crippen molar-refractivity contribution in [1.29, 1.82) is 0 Å². The van der Waals surface area contributed by atoms with Gasteiger partial charge in [-0.25, -0.2) is 0 Å². The first-order chi connectivity index (χ1) is 30.2. The molecule has 2 aromatic heterocycles. The van der Waals surface area contributed by atoms with Crippen LogP contribution >= 0.6 is 0 Å². The topological polar surface area (TPSA) is 149 Å². The highest BCUT2D eigenvalue weighted by molar-refractivity contribution is 5.81. The average Bonchev–Trinajstić information content (AvgIpc) is 3.62. The number of benzene rings is 2. The fraction of sp³-hybridized carbons (Fsp3) is 0.440. The molecule has 6 heterocycles. The zero-order valence-corrected chi connectivity index (χ0v) is 36.4. The van der Waals surface area contributed by atoms with Crippen LogP contribution in [0.1, 0.15) is 86.3 Å². The van der Waals surface area contributed by atoms with Crippen molar-refractivity contribution in [2.24, 2.45) is 23.7 Å². The quantitative estimate of drug-likeness (QED) is 0.137. The number of nitrogens with one attached hydrogen (secondary N) is 2. The second kappa shape index (κ2) is 20.2. The molecule has 0 saturated carbocycles. The zero-order valence-electron chi connectivity index (χ0n) is 36.4. The zero-order chi connectivity index (χ0) is 43.9. The Balaban J connectivity index is 0.000000186. The Bertz CT molecular complexity index is 2190. The molecule has 62 heavy (non-hydrogen) atoms. The van der Waals surface area contributed by atoms with Gasteiger partial charge >= 0.3 is 0 Å². The smallest absolute Gasteiger partial charge is 0.258 e. The number of amides is 2. The van der Waals surface area contributed by atoms with Crippen LogP contribution in [0.3, 0.4) is 0 Å². The molecule has 0 spiro atoms. The van der Waals surface area contributed by atoms with Gasteiger partial charge in [0.2, 0.25) is 11.8 Å². The summed E-state index contributed by atoms with van der Waals surface area (Å²) in [7, 11) is 0. The summed E-state index contributed by atoms with van der Waals surface area (Å²) in [6.45, 7) is 11.2. The minimum absolute atomic E-state index is 0.0312. The van der Waals surface area contributed by atoms with Crippen LogP contribution in [0.15, 0.2) is 107 Å². The van der Waals surface area contributed by atoms with Gasteiger partial charge in [-0.3, -0.25) is 29.0 Å². The van der Waals surface area contributed by atoms with Crippen LogP contribution in [0.25, 0.3) is 12.2 Å². The first-order valence-corrected chi connectivity index (χ1v) is 22.3. The molecular weight excluding hydrogens is 781 g/mol. The van der Waals surface area contributed by atoms with Crippen molar-refractivity contribution < 1.29 is 19.8 Å². The highest BCUT2D eigenvalue weighted by atomic mass is 16.3. The number of carbonyl (C=O) groups excluding carboxylic acids is 2. The van der Waals surface area contributed by atoms with E-state index in [1.807, 2.05) is 122 Å². The van der Waals surface area contributed by atoms with Crippen molar-refractivity contribution in [3.63, 3.8) is 0 Å². The molecule has 4 aromatic rings. The molecule has 8 atom stereocenters. The molecule has 0 unspecified atom stereocenters. The molecule has 4 N–H and O–H groups in total. The Labute approximate surface area is 364 Å². The maximum atomic E-state index is 13.2. The first-order valence-electron chi connectivity index (χ1n) is 22.3. The number of fused-ring (bicyclic) bond motifs is 8. The minimum Gasteiger partial charge on any atom is -0.396 e. The van der Waals surface area contributed by atoms with Gasteiger partial charge in [-0.1, -0.05) is 98.8 Å². The van der Waals surface area contributed by atoms with E-state index in [1.165, 1.54) is 0 Å². The number of pyridine rings is 2. The number of aliphatic hydroxyl groups excluding tert-OH is 2. The van der Waals surface area contributed by atoms with E-state index in [2.05, 4.69) is 44.7 Å². The number of rotatable bonds is 14. The van der Waals surface area contributed by atoms with Crippen LogP contribution in [0, 0.1) is 23.7 Å². The number of allylic oxidation sites excluding steroid dienone is 2. The van der Waals surface area contributed by atoms with Crippen molar-refractivity contribution in [3.8, 4) is 0 Å². The molecule has 2 aromatic carbocycles. The van der Waals surface area contributed by atoms with E-state index >= 15 is 0 Å². The normalized spacial score (nSPS) is 25.0. The van der Waals surface area contributed by atoms with Crippen LogP contribution in [0.2, 0.25) is 0 Å². The van der Waals surface area contributed by atoms with E-state index in [-0.39, 0.29) is 72.1 Å². The van der Waals surface area contributed by atoms with Crippen molar-refractivity contribution in [1.82, 2.24) is 29.6 Å². The summed E-state index contributed by atoms with van der Waals surface area (Å²) >= 11 is 0.